The second kappa shape index (κ2) is 13.3. The molecule has 252 valence electrons. The van der Waals surface area contributed by atoms with Gasteiger partial charge >= 0.3 is 12.2 Å². The van der Waals surface area contributed by atoms with Crippen LogP contribution in [-0.2, 0) is 9.47 Å². The SMILES string of the molecule is CC(C)(C)OC(=O)N1CCCC1N1CNC=C1C#Cc1ccc2cc(C#CC3=CNCN3C3CCCN3C(=O)OC(C)(C)C)ccc2c1. The Balaban J connectivity index is 1.12. The number of carbonyl (C=O) groups is 2. The lowest BCUT2D eigenvalue weighted by Crippen LogP contribution is -2.48. The second-order valence-corrected chi connectivity index (χ2v) is 14.6. The van der Waals surface area contributed by atoms with Gasteiger partial charge in [0, 0.05) is 36.6 Å². The van der Waals surface area contributed by atoms with Crippen molar-refractivity contribution in [2.45, 2.75) is 90.8 Å². The molecule has 48 heavy (non-hydrogen) atoms. The highest BCUT2D eigenvalue weighted by Gasteiger charge is 2.38. The summed E-state index contributed by atoms with van der Waals surface area (Å²) in [6.45, 7) is 13.9. The number of carbonyl (C=O) groups excluding carboxylic acids is 2. The van der Waals surface area contributed by atoms with Crippen LogP contribution in [0.25, 0.3) is 10.8 Å². The number of hydrogen-bond acceptors (Lipinski definition) is 8. The van der Waals surface area contributed by atoms with E-state index in [1.807, 2.05) is 75.9 Å². The number of benzene rings is 2. The van der Waals surface area contributed by atoms with Gasteiger partial charge in [0.15, 0.2) is 0 Å². The molecule has 4 heterocycles. The van der Waals surface area contributed by atoms with Gasteiger partial charge in [0.2, 0.25) is 0 Å². The molecule has 10 heteroatoms. The van der Waals surface area contributed by atoms with Gasteiger partial charge in [-0.3, -0.25) is 9.80 Å². The van der Waals surface area contributed by atoms with Crippen molar-refractivity contribution < 1.29 is 19.1 Å². The molecular formula is C38H46N6O4. The number of hydrogen-bond donors (Lipinski definition) is 2. The van der Waals surface area contributed by atoms with Gasteiger partial charge in [-0.15, -0.1) is 0 Å². The number of allylic oxidation sites excluding steroid dienone is 2. The number of amides is 2. The van der Waals surface area contributed by atoms with E-state index in [2.05, 4.69) is 68.4 Å². The third-order valence-corrected chi connectivity index (χ3v) is 8.55. The fraction of sp³-hybridized carbons (Fsp3) is 0.474. The third kappa shape index (κ3) is 7.60. The Morgan fingerprint density at radius 3 is 1.48 bits per heavy atom. The van der Waals surface area contributed by atoms with E-state index in [0.717, 1.165) is 59.0 Å². The smallest absolute Gasteiger partial charge is 0.411 e. The molecule has 4 aliphatic rings. The highest BCUT2D eigenvalue weighted by molar-refractivity contribution is 5.85. The van der Waals surface area contributed by atoms with E-state index in [0.29, 0.717) is 26.4 Å². The Bertz CT molecular complexity index is 1630. The maximum atomic E-state index is 12.9. The van der Waals surface area contributed by atoms with Gasteiger partial charge in [-0.05, 0) is 114 Å². The minimum atomic E-state index is -0.538. The highest BCUT2D eigenvalue weighted by Crippen LogP contribution is 2.29. The molecule has 4 aliphatic heterocycles. The Kier molecular flexibility index (Phi) is 9.11. The van der Waals surface area contributed by atoms with Crippen molar-refractivity contribution in [1.29, 1.82) is 0 Å². The van der Waals surface area contributed by atoms with Crippen molar-refractivity contribution in [3.63, 3.8) is 0 Å². The van der Waals surface area contributed by atoms with Crippen molar-refractivity contribution >= 4 is 23.0 Å². The zero-order valence-corrected chi connectivity index (χ0v) is 28.9. The minimum absolute atomic E-state index is 0.0866. The summed E-state index contributed by atoms with van der Waals surface area (Å²) >= 11 is 0. The maximum Gasteiger partial charge on any atom is 0.411 e. The lowest BCUT2D eigenvalue weighted by molar-refractivity contribution is 0.00689. The molecular weight excluding hydrogens is 604 g/mol. The molecule has 0 aliphatic carbocycles. The van der Waals surface area contributed by atoms with Crippen molar-refractivity contribution in [2.24, 2.45) is 0 Å². The van der Waals surface area contributed by atoms with E-state index in [9.17, 15) is 9.59 Å². The van der Waals surface area contributed by atoms with Gasteiger partial charge in [-0.2, -0.15) is 0 Å². The first-order valence-corrected chi connectivity index (χ1v) is 16.8. The molecule has 0 saturated carbocycles. The molecule has 2 amide bonds. The Labute approximate surface area is 284 Å². The van der Waals surface area contributed by atoms with Gasteiger partial charge < -0.3 is 29.9 Å². The van der Waals surface area contributed by atoms with Crippen LogP contribution in [0.4, 0.5) is 9.59 Å². The standard InChI is InChI=1S/C38H46N6O4/c1-37(2,3)47-35(45)41-19-7-9-33(41)43-25-39-23-31(43)17-13-27-11-15-30-22-28(12-16-29(30)21-27)14-18-32-24-40-26-44(32)34-10-8-20-42(34)36(46)48-38(4,5)6/h11-12,15-16,21-24,33-34,39-40H,7-10,19-20,25-26H2,1-6H3. The van der Waals surface area contributed by atoms with E-state index < -0.39 is 11.2 Å². The molecule has 2 saturated heterocycles. The maximum absolute atomic E-state index is 12.9. The first-order valence-electron chi connectivity index (χ1n) is 16.8. The first-order chi connectivity index (χ1) is 22.8. The fourth-order valence-electron chi connectivity index (χ4n) is 6.45. The summed E-state index contributed by atoms with van der Waals surface area (Å²) in [5, 5.41) is 8.72. The lowest BCUT2D eigenvalue weighted by atomic mass is 10.0. The van der Waals surface area contributed by atoms with E-state index >= 15 is 0 Å². The summed E-state index contributed by atoms with van der Waals surface area (Å²) in [5.41, 5.74) is 2.46. The monoisotopic (exact) mass is 650 g/mol. The number of fused-ring (bicyclic) bond motifs is 1. The van der Waals surface area contributed by atoms with Crippen LogP contribution in [0.15, 0.2) is 60.2 Å². The summed E-state index contributed by atoms with van der Waals surface area (Å²) in [6, 6.07) is 12.4. The molecule has 2 unspecified atom stereocenters. The van der Waals surface area contributed by atoms with Crippen LogP contribution >= 0.6 is 0 Å². The third-order valence-electron chi connectivity index (χ3n) is 8.55. The summed E-state index contributed by atoms with van der Waals surface area (Å²) in [5.74, 6) is 13.3. The van der Waals surface area contributed by atoms with Crippen LogP contribution in [0.3, 0.4) is 0 Å². The first kappa shape index (κ1) is 33.0. The quantitative estimate of drug-likeness (QED) is 0.403. The van der Waals surface area contributed by atoms with Crippen molar-refractivity contribution in [1.82, 2.24) is 30.2 Å². The average molecular weight is 651 g/mol. The predicted octanol–water partition coefficient (Wildman–Crippen LogP) is 5.67. The Hall–Kier alpha value is -4.96. The van der Waals surface area contributed by atoms with Crippen LogP contribution in [-0.4, -0.2) is 81.7 Å². The number of ether oxygens (including phenoxy) is 2. The molecule has 2 atom stereocenters. The van der Waals surface area contributed by atoms with Crippen molar-refractivity contribution in [3.05, 3.63) is 71.3 Å². The number of likely N-dealkylation sites (tertiary alicyclic amines) is 2. The van der Waals surface area contributed by atoms with Crippen molar-refractivity contribution in [2.75, 3.05) is 26.4 Å². The Morgan fingerprint density at radius 2 is 1.08 bits per heavy atom. The summed E-state index contributed by atoms with van der Waals surface area (Å²) < 4.78 is 11.3. The molecule has 2 N–H and O–H groups in total. The molecule has 0 bridgehead atoms. The molecule has 10 nitrogen and oxygen atoms in total. The average Bonchev–Trinajstić information content (AvgIpc) is 3.83. The molecule has 2 aromatic rings. The van der Waals surface area contributed by atoms with Crippen molar-refractivity contribution in [3.8, 4) is 23.7 Å². The summed E-state index contributed by atoms with van der Waals surface area (Å²) in [4.78, 5) is 33.7. The van der Waals surface area contributed by atoms with E-state index in [4.69, 9.17) is 9.47 Å². The topological polar surface area (TPSA) is 89.6 Å². The van der Waals surface area contributed by atoms with Gasteiger partial charge in [-0.1, -0.05) is 24.0 Å². The molecule has 0 spiro atoms. The van der Waals surface area contributed by atoms with Gasteiger partial charge in [-0.25, -0.2) is 9.59 Å². The molecule has 2 fully saturated rings. The molecule has 0 radical (unpaired) electrons. The highest BCUT2D eigenvalue weighted by atomic mass is 16.6. The fourth-order valence-corrected chi connectivity index (χ4v) is 6.45. The normalized spacial score (nSPS) is 20.7. The van der Waals surface area contributed by atoms with Gasteiger partial charge in [0.25, 0.3) is 0 Å². The lowest BCUT2D eigenvalue weighted by Gasteiger charge is -2.34. The predicted molar refractivity (Wildman–Crippen MR) is 185 cm³/mol. The summed E-state index contributed by atoms with van der Waals surface area (Å²) in [6.07, 6.45) is 6.71. The number of rotatable bonds is 2. The number of nitrogens with one attached hydrogen (secondary N) is 2. The molecule has 6 rings (SSSR count). The zero-order chi connectivity index (χ0) is 34.1. The van der Waals surface area contributed by atoms with Crippen LogP contribution in [0.2, 0.25) is 0 Å². The van der Waals surface area contributed by atoms with Crippen LogP contribution in [0.1, 0.15) is 78.4 Å². The van der Waals surface area contributed by atoms with E-state index in [1.54, 1.807) is 0 Å². The largest absolute Gasteiger partial charge is 0.444 e. The molecule has 2 aromatic carbocycles. The summed E-state index contributed by atoms with van der Waals surface area (Å²) in [7, 11) is 0. The van der Waals surface area contributed by atoms with Gasteiger partial charge in [0.05, 0.1) is 13.3 Å². The minimum Gasteiger partial charge on any atom is -0.444 e. The van der Waals surface area contributed by atoms with E-state index in [-0.39, 0.29) is 24.5 Å². The van der Waals surface area contributed by atoms with Crippen LogP contribution in [0.5, 0.6) is 0 Å². The Morgan fingerprint density at radius 1 is 0.667 bits per heavy atom. The van der Waals surface area contributed by atoms with E-state index in [1.165, 1.54) is 0 Å². The van der Waals surface area contributed by atoms with Gasteiger partial charge in [0.1, 0.15) is 34.9 Å². The van der Waals surface area contributed by atoms with Crippen LogP contribution < -0.4 is 10.6 Å². The second-order valence-electron chi connectivity index (χ2n) is 14.6. The zero-order valence-electron chi connectivity index (χ0n) is 28.9. The number of nitrogens with zero attached hydrogens (tertiary/aromatic N) is 4. The van der Waals surface area contributed by atoms with Crippen LogP contribution in [0, 0.1) is 23.7 Å². The molecule has 0 aromatic heterocycles.